The second kappa shape index (κ2) is 7.33. The molecule has 4 aromatic rings. The van der Waals surface area contributed by atoms with E-state index < -0.39 is 18.2 Å². The summed E-state index contributed by atoms with van der Waals surface area (Å²) < 4.78 is 9.85. The number of carboxylic acid groups (broad SMARTS) is 1. The number of ether oxygens (including phenoxy) is 1. The van der Waals surface area contributed by atoms with E-state index in [9.17, 15) is 20.0 Å². The molecule has 0 saturated carbocycles. The predicted octanol–water partition coefficient (Wildman–Crippen LogP) is 1.22. The Morgan fingerprint density at radius 2 is 2.06 bits per heavy atom. The Balaban J connectivity index is 1.73. The highest BCUT2D eigenvalue weighted by Gasteiger charge is 2.25. The van der Waals surface area contributed by atoms with Gasteiger partial charge in [0.2, 0.25) is 0 Å². The zero-order valence-corrected chi connectivity index (χ0v) is 16.3. The number of hydrogen-bond acceptors (Lipinski definition) is 7. The van der Waals surface area contributed by atoms with Crippen LogP contribution in [0.15, 0.2) is 35.5 Å². The first-order valence-corrected chi connectivity index (χ1v) is 9.71. The van der Waals surface area contributed by atoms with E-state index in [0.717, 1.165) is 0 Å². The number of nitriles is 1. The molecule has 0 spiro atoms. The Kier molecular flexibility index (Phi) is 4.48. The maximum atomic E-state index is 13.1. The summed E-state index contributed by atoms with van der Waals surface area (Å²) in [5.74, 6) is -0.800. The quantitative estimate of drug-likeness (QED) is 0.520. The minimum absolute atomic E-state index is 0.145. The van der Waals surface area contributed by atoms with Gasteiger partial charge in [0.15, 0.2) is 11.5 Å². The van der Waals surface area contributed by atoms with E-state index in [4.69, 9.17) is 4.74 Å². The van der Waals surface area contributed by atoms with Crippen LogP contribution in [0.5, 0.6) is 0 Å². The number of hydrogen-bond donors (Lipinski definition) is 1. The minimum atomic E-state index is -1.12. The Morgan fingerprint density at radius 1 is 1.26 bits per heavy atom. The van der Waals surface area contributed by atoms with Gasteiger partial charge >= 0.3 is 11.7 Å². The average Bonchev–Trinajstić information content (AvgIpc) is 3.32. The fraction of sp³-hybridized carbons (Fsp3) is 0.300. The number of fused-ring (bicyclic) bond motifs is 2. The molecule has 11 nitrogen and oxygen atoms in total. The Labute approximate surface area is 174 Å². The minimum Gasteiger partial charge on any atom is -0.480 e. The van der Waals surface area contributed by atoms with Crippen molar-refractivity contribution >= 4 is 22.8 Å². The summed E-state index contributed by atoms with van der Waals surface area (Å²) in [6, 6.07) is 5.34. The Bertz CT molecular complexity index is 1420. The molecule has 156 valence electrons. The molecule has 5 heterocycles. The van der Waals surface area contributed by atoms with Crippen LogP contribution < -0.4 is 5.69 Å². The lowest BCUT2D eigenvalue weighted by Gasteiger charge is -2.22. The van der Waals surface area contributed by atoms with Gasteiger partial charge in [-0.15, -0.1) is 0 Å². The number of carbonyl (C=O) groups is 1. The maximum absolute atomic E-state index is 13.1. The van der Waals surface area contributed by atoms with Crippen LogP contribution in [0.4, 0.5) is 0 Å². The van der Waals surface area contributed by atoms with E-state index in [-0.39, 0.29) is 6.04 Å². The Morgan fingerprint density at radius 3 is 2.81 bits per heavy atom. The van der Waals surface area contributed by atoms with Crippen molar-refractivity contribution in [2.24, 2.45) is 0 Å². The zero-order chi connectivity index (χ0) is 21.5. The lowest BCUT2D eigenvalue weighted by atomic mass is 10.1. The van der Waals surface area contributed by atoms with E-state index in [1.165, 1.54) is 10.8 Å². The molecule has 0 bridgehead atoms. The highest BCUT2D eigenvalue weighted by molar-refractivity contribution is 5.76. The highest BCUT2D eigenvalue weighted by atomic mass is 16.5. The predicted molar refractivity (Wildman–Crippen MR) is 107 cm³/mol. The van der Waals surface area contributed by atoms with Crippen LogP contribution in [0, 0.1) is 11.3 Å². The number of aliphatic carboxylic acids is 1. The van der Waals surface area contributed by atoms with Gasteiger partial charge in [-0.3, -0.25) is 18.3 Å². The van der Waals surface area contributed by atoms with Gasteiger partial charge in [-0.25, -0.2) is 19.7 Å². The first-order valence-electron chi connectivity index (χ1n) is 9.71. The van der Waals surface area contributed by atoms with E-state index in [1.54, 1.807) is 33.5 Å². The van der Waals surface area contributed by atoms with Gasteiger partial charge in [0, 0.05) is 25.5 Å². The third kappa shape index (κ3) is 3.13. The van der Waals surface area contributed by atoms with Crippen molar-refractivity contribution in [3.63, 3.8) is 0 Å². The number of imidazole rings is 2. The van der Waals surface area contributed by atoms with Crippen LogP contribution in [0.2, 0.25) is 0 Å². The number of rotatable bonds is 4. The lowest BCUT2D eigenvalue weighted by Crippen LogP contribution is -2.32. The maximum Gasteiger partial charge on any atom is 0.331 e. The molecule has 1 fully saturated rings. The van der Waals surface area contributed by atoms with Crippen LogP contribution in [0.25, 0.3) is 28.3 Å². The number of carboxylic acids is 1. The number of pyridine rings is 1. The second-order valence-corrected chi connectivity index (χ2v) is 7.28. The first kappa shape index (κ1) is 19.0. The van der Waals surface area contributed by atoms with Gasteiger partial charge in [0.05, 0.1) is 18.0 Å². The lowest BCUT2D eigenvalue weighted by molar-refractivity contribution is -0.137. The molecule has 1 saturated heterocycles. The monoisotopic (exact) mass is 419 g/mol. The largest absolute Gasteiger partial charge is 0.480 e. The molecule has 5 rings (SSSR count). The molecule has 31 heavy (non-hydrogen) atoms. The molecule has 0 amide bonds. The molecule has 0 radical (unpaired) electrons. The fourth-order valence-corrected chi connectivity index (χ4v) is 3.95. The van der Waals surface area contributed by atoms with E-state index in [0.29, 0.717) is 59.9 Å². The van der Waals surface area contributed by atoms with Gasteiger partial charge < -0.3 is 9.84 Å². The summed E-state index contributed by atoms with van der Waals surface area (Å²) in [7, 11) is 0. The molecule has 0 aromatic carbocycles. The molecule has 0 unspecified atom stereocenters. The van der Waals surface area contributed by atoms with Crippen LogP contribution in [0.1, 0.15) is 24.4 Å². The normalized spacial score (nSPS) is 14.8. The van der Waals surface area contributed by atoms with Gasteiger partial charge in [-0.1, -0.05) is 0 Å². The van der Waals surface area contributed by atoms with Gasteiger partial charge in [0.1, 0.15) is 29.5 Å². The average molecular weight is 419 g/mol. The van der Waals surface area contributed by atoms with Gasteiger partial charge in [0.25, 0.3) is 0 Å². The highest BCUT2D eigenvalue weighted by Crippen LogP contribution is 2.25. The fourth-order valence-electron chi connectivity index (χ4n) is 3.95. The summed E-state index contributed by atoms with van der Waals surface area (Å²) in [6.45, 7) is 0.561. The van der Waals surface area contributed by atoms with Crippen molar-refractivity contribution in [3.8, 4) is 17.6 Å². The summed E-state index contributed by atoms with van der Waals surface area (Å²) in [4.78, 5) is 37.8. The zero-order valence-electron chi connectivity index (χ0n) is 16.3. The molecule has 11 heteroatoms. The molecule has 1 N–H and O–H groups in total. The van der Waals surface area contributed by atoms with Crippen molar-refractivity contribution < 1.29 is 14.6 Å². The van der Waals surface area contributed by atoms with Crippen molar-refractivity contribution in [1.82, 2.24) is 28.5 Å². The van der Waals surface area contributed by atoms with Crippen LogP contribution in [-0.4, -0.2) is 52.8 Å². The standard InChI is InChI=1S/C20H17N7O4/c21-7-12-1-2-16-22-8-14(25(16)10-12)18-23-9-15-19(24-18)27(13-3-5-31-6-4-13)20(30)26(15)11-17(28)29/h1-2,8-10,13H,3-6,11H2,(H,28,29). The van der Waals surface area contributed by atoms with Crippen molar-refractivity contribution in [3.05, 3.63) is 46.8 Å². The molecule has 1 aliphatic heterocycles. The number of aromatic nitrogens is 6. The molecule has 1 aliphatic rings. The second-order valence-electron chi connectivity index (χ2n) is 7.28. The third-order valence-corrected chi connectivity index (χ3v) is 5.42. The van der Waals surface area contributed by atoms with Crippen molar-refractivity contribution in [1.29, 1.82) is 5.26 Å². The molecular weight excluding hydrogens is 402 g/mol. The van der Waals surface area contributed by atoms with Gasteiger partial charge in [-0.2, -0.15) is 5.26 Å². The summed E-state index contributed by atoms with van der Waals surface area (Å²) in [5, 5.41) is 18.5. The van der Waals surface area contributed by atoms with Crippen molar-refractivity contribution in [2.75, 3.05) is 13.2 Å². The Hall–Kier alpha value is -4.04. The van der Waals surface area contributed by atoms with Crippen molar-refractivity contribution in [2.45, 2.75) is 25.4 Å². The topological polar surface area (TPSA) is 140 Å². The van der Waals surface area contributed by atoms with E-state index in [1.807, 2.05) is 0 Å². The van der Waals surface area contributed by atoms with Crippen LogP contribution >= 0.6 is 0 Å². The summed E-state index contributed by atoms with van der Waals surface area (Å²) in [6.07, 6.45) is 5.97. The molecular formula is C20H17N7O4. The SMILES string of the molecule is N#Cc1ccc2ncc(-c3ncc4c(n3)n(C3CCOCC3)c(=O)n4CC(=O)O)n2c1. The first-order chi connectivity index (χ1) is 15.1. The summed E-state index contributed by atoms with van der Waals surface area (Å²) in [5.41, 5.74) is 1.94. The van der Waals surface area contributed by atoms with E-state index in [2.05, 4.69) is 21.0 Å². The third-order valence-electron chi connectivity index (χ3n) is 5.42. The smallest absolute Gasteiger partial charge is 0.331 e. The van der Waals surface area contributed by atoms with Gasteiger partial charge in [-0.05, 0) is 25.0 Å². The van der Waals surface area contributed by atoms with E-state index >= 15 is 0 Å². The van der Waals surface area contributed by atoms with Crippen LogP contribution in [-0.2, 0) is 16.1 Å². The molecule has 0 atom stereocenters. The molecule has 4 aromatic heterocycles. The van der Waals surface area contributed by atoms with Crippen LogP contribution in [0.3, 0.4) is 0 Å². The molecule has 0 aliphatic carbocycles. The summed E-state index contributed by atoms with van der Waals surface area (Å²) >= 11 is 0. The number of nitrogens with zero attached hydrogens (tertiary/aromatic N) is 7.